The van der Waals surface area contributed by atoms with Gasteiger partial charge in [0.1, 0.15) is 6.10 Å². The number of carbonyl (C=O) groups is 1. The van der Waals surface area contributed by atoms with Crippen LogP contribution in [0.25, 0.3) is 11.3 Å². The third-order valence-corrected chi connectivity index (χ3v) is 4.52. The van der Waals surface area contributed by atoms with E-state index in [1.165, 1.54) is 0 Å². The number of hydrogen-bond acceptors (Lipinski definition) is 4. The first-order valence-electron chi connectivity index (χ1n) is 8.00. The smallest absolute Gasteiger partial charge is 0.311 e. The van der Waals surface area contributed by atoms with Gasteiger partial charge >= 0.3 is 5.97 Å². The quantitative estimate of drug-likeness (QED) is 0.549. The number of halogens is 1. The van der Waals surface area contributed by atoms with Gasteiger partial charge in [0.15, 0.2) is 5.76 Å². The molecule has 0 aliphatic rings. The largest absolute Gasteiger partial charge is 0.458 e. The number of nitrogens with zero attached hydrogens (tertiary/aromatic N) is 1. The van der Waals surface area contributed by atoms with Crippen molar-refractivity contribution in [2.75, 3.05) is 0 Å². The highest BCUT2D eigenvalue weighted by atomic mass is 79.9. The average Bonchev–Trinajstić information content (AvgIpc) is 2.97. The second-order valence-corrected chi connectivity index (χ2v) is 6.72. The summed E-state index contributed by atoms with van der Waals surface area (Å²) in [5, 5.41) is 4.01. The summed E-state index contributed by atoms with van der Waals surface area (Å²) >= 11 is 3.41. The van der Waals surface area contributed by atoms with Crippen molar-refractivity contribution >= 4 is 21.9 Å². The van der Waals surface area contributed by atoms with Crippen LogP contribution in [0.3, 0.4) is 0 Å². The van der Waals surface area contributed by atoms with Gasteiger partial charge in [0.2, 0.25) is 0 Å². The van der Waals surface area contributed by atoms with Crippen LogP contribution in [0.5, 0.6) is 0 Å². The second-order valence-electron chi connectivity index (χ2n) is 5.80. The Hall–Kier alpha value is -2.40. The van der Waals surface area contributed by atoms with Crippen LogP contribution in [-0.2, 0) is 16.0 Å². The van der Waals surface area contributed by atoms with Crippen LogP contribution in [-0.4, -0.2) is 11.1 Å². The van der Waals surface area contributed by atoms with E-state index in [0.29, 0.717) is 11.5 Å². The molecule has 0 saturated carbocycles. The third kappa shape index (κ3) is 4.17. The number of ether oxygens (including phenoxy) is 1. The molecule has 0 spiro atoms. The fraction of sp³-hybridized carbons (Fsp3) is 0.200. The lowest BCUT2D eigenvalue weighted by Crippen LogP contribution is -2.12. The molecule has 25 heavy (non-hydrogen) atoms. The van der Waals surface area contributed by atoms with Crippen LogP contribution < -0.4 is 0 Å². The molecule has 1 atom stereocenters. The molecule has 0 N–H and O–H groups in total. The monoisotopic (exact) mass is 399 g/mol. The molecule has 128 valence electrons. The van der Waals surface area contributed by atoms with E-state index in [1.807, 2.05) is 68.4 Å². The minimum atomic E-state index is -0.305. The van der Waals surface area contributed by atoms with E-state index in [4.69, 9.17) is 9.26 Å². The Kier molecular flexibility index (Phi) is 5.34. The van der Waals surface area contributed by atoms with Crippen molar-refractivity contribution in [3.63, 3.8) is 0 Å². The summed E-state index contributed by atoms with van der Waals surface area (Å²) in [6, 6.07) is 17.4. The van der Waals surface area contributed by atoms with Crippen molar-refractivity contribution in [1.82, 2.24) is 5.16 Å². The molecule has 1 heterocycles. The fourth-order valence-corrected chi connectivity index (χ4v) is 2.86. The Labute approximate surface area is 154 Å². The molecule has 4 nitrogen and oxygen atoms in total. The maximum atomic E-state index is 12.4. The summed E-state index contributed by atoms with van der Waals surface area (Å²) < 4.78 is 12.0. The summed E-state index contributed by atoms with van der Waals surface area (Å²) in [6.07, 6.45) is -0.178. The Morgan fingerprint density at radius 2 is 1.84 bits per heavy atom. The number of esters is 1. The van der Waals surface area contributed by atoms with Crippen LogP contribution in [0.1, 0.15) is 29.8 Å². The average molecular weight is 400 g/mol. The standard InChI is InChI=1S/C20H18BrNO3/c1-13-18(20(25-22-13)16-8-10-17(21)11-9-16)12-19(23)24-14(2)15-6-4-3-5-7-15/h3-11,14H,12H2,1-2H3/t14-/m1/s1. The first-order valence-corrected chi connectivity index (χ1v) is 8.79. The Balaban J connectivity index is 1.75. The number of rotatable bonds is 5. The predicted molar refractivity (Wildman–Crippen MR) is 99.0 cm³/mol. The van der Waals surface area contributed by atoms with E-state index in [-0.39, 0.29) is 18.5 Å². The van der Waals surface area contributed by atoms with Crippen LogP contribution in [0.2, 0.25) is 0 Å². The molecule has 0 unspecified atom stereocenters. The van der Waals surface area contributed by atoms with E-state index >= 15 is 0 Å². The van der Waals surface area contributed by atoms with Gasteiger partial charge < -0.3 is 9.26 Å². The summed E-state index contributed by atoms with van der Waals surface area (Å²) in [7, 11) is 0. The van der Waals surface area contributed by atoms with Gasteiger partial charge in [-0.1, -0.05) is 63.6 Å². The van der Waals surface area contributed by atoms with Gasteiger partial charge in [-0.3, -0.25) is 4.79 Å². The van der Waals surface area contributed by atoms with Crippen LogP contribution in [0, 0.1) is 6.92 Å². The maximum absolute atomic E-state index is 12.4. The SMILES string of the molecule is Cc1noc(-c2ccc(Br)cc2)c1CC(=O)O[C@H](C)c1ccccc1. The number of benzene rings is 2. The molecule has 0 fully saturated rings. The molecule has 1 aromatic heterocycles. The molecule has 0 bridgehead atoms. The normalized spacial score (nSPS) is 12.0. The van der Waals surface area contributed by atoms with Crippen molar-refractivity contribution in [3.8, 4) is 11.3 Å². The van der Waals surface area contributed by atoms with E-state index < -0.39 is 0 Å². The second kappa shape index (κ2) is 7.66. The third-order valence-electron chi connectivity index (χ3n) is 3.99. The summed E-state index contributed by atoms with van der Waals surface area (Å²) in [5.41, 5.74) is 3.29. The molecule has 3 rings (SSSR count). The highest BCUT2D eigenvalue weighted by molar-refractivity contribution is 9.10. The van der Waals surface area contributed by atoms with E-state index in [9.17, 15) is 4.79 Å². The van der Waals surface area contributed by atoms with Crippen molar-refractivity contribution in [2.45, 2.75) is 26.4 Å². The van der Waals surface area contributed by atoms with Gasteiger partial charge in [-0.2, -0.15) is 0 Å². The molecule has 0 radical (unpaired) electrons. The zero-order valence-electron chi connectivity index (χ0n) is 14.0. The van der Waals surface area contributed by atoms with Crippen molar-refractivity contribution in [2.24, 2.45) is 0 Å². The zero-order chi connectivity index (χ0) is 17.8. The Morgan fingerprint density at radius 1 is 1.16 bits per heavy atom. The van der Waals surface area contributed by atoms with E-state index in [2.05, 4.69) is 21.1 Å². The van der Waals surface area contributed by atoms with Crippen molar-refractivity contribution in [3.05, 3.63) is 75.9 Å². The lowest BCUT2D eigenvalue weighted by Gasteiger charge is -2.13. The molecule has 0 saturated heterocycles. The minimum Gasteiger partial charge on any atom is -0.458 e. The van der Waals surface area contributed by atoms with Crippen molar-refractivity contribution < 1.29 is 14.1 Å². The van der Waals surface area contributed by atoms with Crippen LogP contribution in [0.4, 0.5) is 0 Å². The highest BCUT2D eigenvalue weighted by Crippen LogP contribution is 2.28. The zero-order valence-corrected chi connectivity index (χ0v) is 15.6. The molecular formula is C20H18BrNO3. The Morgan fingerprint density at radius 3 is 2.52 bits per heavy atom. The van der Waals surface area contributed by atoms with Gasteiger partial charge in [0.05, 0.1) is 12.1 Å². The first-order chi connectivity index (χ1) is 12.0. The van der Waals surface area contributed by atoms with Gasteiger partial charge in [-0.25, -0.2) is 0 Å². The minimum absolute atomic E-state index is 0.123. The molecule has 0 aliphatic heterocycles. The summed E-state index contributed by atoms with van der Waals surface area (Å²) in [4.78, 5) is 12.4. The van der Waals surface area contributed by atoms with Gasteiger partial charge in [0, 0.05) is 15.6 Å². The fourth-order valence-electron chi connectivity index (χ4n) is 2.60. The topological polar surface area (TPSA) is 52.3 Å². The maximum Gasteiger partial charge on any atom is 0.311 e. The number of carbonyl (C=O) groups excluding carboxylic acids is 1. The number of aromatic nitrogens is 1. The lowest BCUT2D eigenvalue weighted by atomic mass is 10.0. The van der Waals surface area contributed by atoms with Gasteiger partial charge in [0.25, 0.3) is 0 Å². The van der Waals surface area contributed by atoms with Crippen molar-refractivity contribution in [1.29, 1.82) is 0 Å². The highest BCUT2D eigenvalue weighted by Gasteiger charge is 2.20. The number of hydrogen-bond donors (Lipinski definition) is 0. The van der Waals surface area contributed by atoms with Crippen LogP contribution in [0.15, 0.2) is 63.6 Å². The van der Waals surface area contributed by atoms with E-state index in [1.54, 1.807) is 0 Å². The first kappa shape index (κ1) is 17.4. The molecule has 5 heteroatoms. The molecular weight excluding hydrogens is 382 g/mol. The van der Waals surface area contributed by atoms with Gasteiger partial charge in [-0.15, -0.1) is 0 Å². The molecule has 2 aromatic carbocycles. The van der Waals surface area contributed by atoms with E-state index in [0.717, 1.165) is 21.2 Å². The predicted octanol–water partition coefficient (Wildman–Crippen LogP) is 5.26. The Bertz CT molecular complexity index is 856. The van der Waals surface area contributed by atoms with Gasteiger partial charge in [-0.05, 0) is 31.5 Å². The molecule has 0 amide bonds. The summed E-state index contributed by atoms with van der Waals surface area (Å²) in [5.74, 6) is 0.301. The van der Waals surface area contributed by atoms with Crippen LogP contribution >= 0.6 is 15.9 Å². The molecule has 3 aromatic rings. The lowest BCUT2D eigenvalue weighted by molar-refractivity contribution is -0.147. The number of aryl methyl sites for hydroxylation is 1. The molecule has 0 aliphatic carbocycles. The summed E-state index contributed by atoms with van der Waals surface area (Å²) in [6.45, 7) is 3.69.